The van der Waals surface area contributed by atoms with Gasteiger partial charge in [-0.05, 0) is 44.4 Å². The summed E-state index contributed by atoms with van der Waals surface area (Å²) in [6.07, 6.45) is 3.81. The number of nitrogens with zero attached hydrogens (tertiary/aromatic N) is 3. The van der Waals surface area contributed by atoms with Crippen LogP contribution in [0.3, 0.4) is 0 Å². The lowest BCUT2D eigenvalue weighted by atomic mass is 10.1. The molecule has 0 heterocycles. The molecule has 1 amide bonds. The van der Waals surface area contributed by atoms with Gasteiger partial charge in [-0.1, -0.05) is 26.7 Å². The number of esters is 2. The van der Waals surface area contributed by atoms with Gasteiger partial charge in [-0.3, -0.25) is 24.5 Å². The maximum Gasteiger partial charge on any atom is 0.316 e. The van der Waals surface area contributed by atoms with Gasteiger partial charge < -0.3 is 14.4 Å². The standard InChI is InChI=1S/C24H31N3O7/c1-5-9-11-21(28)33-20-15-17(13-18(16-25)24(30)26(7-3)8-4)14-19(27(31)32)23(20)34-22(29)12-10-6-2/h13-15H,5-12H2,1-4H3/b18-13+. The smallest absolute Gasteiger partial charge is 0.316 e. The molecule has 0 aliphatic carbocycles. The fourth-order valence-corrected chi connectivity index (χ4v) is 2.98. The molecule has 0 aliphatic heterocycles. The van der Waals surface area contributed by atoms with E-state index >= 15 is 0 Å². The second-order valence-corrected chi connectivity index (χ2v) is 7.43. The molecule has 0 radical (unpaired) electrons. The summed E-state index contributed by atoms with van der Waals surface area (Å²) in [7, 11) is 0. The molecule has 10 nitrogen and oxygen atoms in total. The van der Waals surface area contributed by atoms with E-state index in [9.17, 15) is 29.8 Å². The Morgan fingerprint density at radius 3 is 2.06 bits per heavy atom. The average molecular weight is 474 g/mol. The number of carbonyl (C=O) groups excluding carboxylic acids is 3. The highest BCUT2D eigenvalue weighted by atomic mass is 16.6. The van der Waals surface area contributed by atoms with E-state index in [4.69, 9.17) is 9.47 Å². The summed E-state index contributed by atoms with van der Waals surface area (Å²) in [5.41, 5.74) is -0.783. The van der Waals surface area contributed by atoms with Gasteiger partial charge >= 0.3 is 17.6 Å². The minimum atomic E-state index is -0.776. The van der Waals surface area contributed by atoms with Gasteiger partial charge in [0.15, 0.2) is 5.75 Å². The van der Waals surface area contributed by atoms with E-state index in [-0.39, 0.29) is 29.7 Å². The van der Waals surface area contributed by atoms with Crippen molar-refractivity contribution in [1.82, 2.24) is 4.90 Å². The molecule has 184 valence electrons. The lowest BCUT2D eigenvalue weighted by Crippen LogP contribution is -2.31. The summed E-state index contributed by atoms with van der Waals surface area (Å²) in [4.78, 5) is 49.5. The Kier molecular flexibility index (Phi) is 12.0. The number of hydrogen-bond acceptors (Lipinski definition) is 8. The first-order valence-corrected chi connectivity index (χ1v) is 11.4. The average Bonchev–Trinajstić information content (AvgIpc) is 2.81. The molecular weight excluding hydrogens is 442 g/mol. The Morgan fingerprint density at radius 1 is 1.03 bits per heavy atom. The molecule has 0 saturated carbocycles. The van der Waals surface area contributed by atoms with E-state index < -0.39 is 34.2 Å². The van der Waals surface area contributed by atoms with Gasteiger partial charge in [0, 0.05) is 32.0 Å². The molecule has 0 fully saturated rings. The Bertz CT molecular complexity index is 976. The summed E-state index contributed by atoms with van der Waals surface area (Å²) in [6, 6.07) is 4.12. The normalized spacial score (nSPS) is 10.9. The minimum absolute atomic E-state index is 0.0372. The first kappa shape index (κ1) is 28.3. The van der Waals surface area contributed by atoms with Crippen LogP contribution in [0, 0.1) is 21.4 Å². The quantitative estimate of drug-likeness (QED) is 0.101. The van der Waals surface area contributed by atoms with Crippen molar-refractivity contribution in [3.05, 3.63) is 33.4 Å². The van der Waals surface area contributed by atoms with Crippen molar-refractivity contribution >= 4 is 29.6 Å². The lowest BCUT2D eigenvalue weighted by molar-refractivity contribution is -0.385. The van der Waals surface area contributed by atoms with Gasteiger partial charge in [-0.2, -0.15) is 5.26 Å². The number of carbonyl (C=O) groups is 3. The van der Waals surface area contributed by atoms with Crippen LogP contribution < -0.4 is 9.47 Å². The molecular formula is C24H31N3O7. The third-order valence-corrected chi connectivity index (χ3v) is 4.88. The van der Waals surface area contributed by atoms with E-state index in [0.29, 0.717) is 25.9 Å². The van der Waals surface area contributed by atoms with Gasteiger partial charge in [0.25, 0.3) is 11.7 Å². The molecule has 0 saturated heterocycles. The van der Waals surface area contributed by atoms with Crippen molar-refractivity contribution < 1.29 is 28.8 Å². The molecule has 0 aliphatic rings. The number of nitriles is 1. The maximum absolute atomic E-state index is 12.6. The predicted octanol–water partition coefficient (Wildman–Crippen LogP) is 4.56. The third-order valence-electron chi connectivity index (χ3n) is 4.88. The second kappa shape index (κ2) is 14.4. The Morgan fingerprint density at radius 2 is 1.59 bits per heavy atom. The van der Waals surface area contributed by atoms with Crippen molar-refractivity contribution in [2.45, 2.75) is 66.2 Å². The van der Waals surface area contributed by atoms with Crippen LogP contribution in [0.5, 0.6) is 11.5 Å². The Labute approximate surface area is 199 Å². The van der Waals surface area contributed by atoms with Crippen molar-refractivity contribution in [3.8, 4) is 17.6 Å². The van der Waals surface area contributed by atoms with Crippen molar-refractivity contribution in [2.24, 2.45) is 0 Å². The Hall–Kier alpha value is -3.74. The molecule has 1 aromatic rings. The SMILES string of the molecule is CCCCC(=O)Oc1cc(/C=C(\C#N)C(=O)N(CC)CC)cc([N+](=O)[O-])c1OC(=O)CCCC. The van der Waals surface area contributed by atoms with Crippen LogP contribution in [0.25, 0.3) is 6.08 Å². The summed E-state index contributed by atoms with van der Waals surface area (Å²) < 4.78 is 10.6. The number of nitro benzene ring substituents is 1. The number of nitro groups is 1. The fraction of sp³-hybridized carbons (Fsp3) is 0.500. The number of likely N-dealkylation sites (N-methyl/N-ethyl adjacent to an activating group) is 1. The number of rotatable bonds is 13. The zero-order chi connectivity index (χ0) is 25.7. The molecule has 0 atom stereocenters. The third kappa shape index (κ3) is 8.31. The fourth-order valence-electron chi connectivity index (χ4n) is 2.98. The highest BCUT2D eigenvalue weighted by molar-refractivity contribution is 6.02. The predicted molar refractivity (Wildman–Crippen MR) is 125 cm³/mol. The molecule has 0 bridgehead atoms. The van der Waals surface area contributed by atoms with Crippen LogP contribution in [0.2, 0.25) is 0 Å². The maximum atomic E-state index is 12.6. The monoisotopic (exact) mass is 473 g/mol. The van der Waals surface area contributed by atoms with Crippen LogP contribution in [-0.4, -0.2) is 40.8 Å². The van der Waals surface area contributed by atoms with Crippen LogP contribution in [-0.2, 0) is 14.4 Å². The number of unbranched alkanes of at least 4 members (excludes halogenated alkanes) is 2. The first-order chi connectivity index (χ1) is 16.2. The zero-order valence-corrected chi connectivity index (χ0v) is 20.1. The minimum Gasteiger partial charge on any atom is -0.422 e. The van der Waals surface area contributed by atoms with Crippen molar-refractivity contribution in [2.75, 3.05) is 13.1 Å². The number of ether oxygens (including phenoxy) is 2. The van der Waals surface area contributed by atoms with E-state index in [1.54, 1.807) is 13.8 Å². The zero-order valence-electron chi connectivity index (χ0n) is 20.1. The van der Waals surface area contributed by atoms with Crippen molar-refractivity contribution in [1.29, 1.82) is 5.26 Å². The molecule has 0 aromatic heterocycles. The van der Waals surface area contributed by atoms with Gasteiger partial charge in [-0.25, -0.2) is 0 Å². The first-order valence-electron chi connectivity index (χ1n) is 11.4. The van der Waals surface area contributed by atoms with Crippen LogP contribution >= 0.6 is 0 Å². The molecule has 10 heteroatoms. The van der Waals surface area contributed by atoms with Gasteiger partial charge in [0.2, 0.25) is 0 Å². The lowest BCUT2D eigenvalue weighted by Gasteiger charge is -2.17. The van der Waals surface area contributed by atoms with E-state index in [1.807, 2.05) is 19.9 Å². The van der Waals surface area contributed by atoms with E-state index in [2.05, 4.69) is 0 Å². The Balaban J connectivity index is 3.59. The van der Waals surface area contributed by atoms with Gasteiger partial charge in [0.05, 0.1) is 4.92 Å². The number of benzene rings is 1. The molecule has 0 N–H and O–H groups in total. The van der Waals surface area contributed by atoms with Crippen LogP contribution in [0.4, 0.5) is 5.69 Å². The van der Waals surface area contributed by atoms with Crippen molar-refractivity contribution in [3.63, 3.8) is 0 Å². The number of hydrogen-bond donors (Lipinski definition) is 0. The largest absolute Gasteiger partial charge is 0.422 e. The number of amides is 1. The highest BCUT2D eigenvalue weighted by Crippen LogP contribution is 2.40. The van der Waals surface area contributed by atoms with Crippen LogP contribution in [0.15, 0.2) is 17.7 Å². The highest BCUT2D eigenvalue weighted by Gasteiger charge is 2.27. The summed E-state index contributed by atoms with van der Waals surface area (Å²) in [5.74, 6) is -2.69. The molecule has 1 aromatic carbocycles. The summed E-state index contributed by atoms with van der Waals surface area (Å²) >= 11 is 0. The van der Waals surface area contributed by atoms with Crippen LogP contribution in [0.1, 0.15) is 71.8 Å². The van der Waals surface area contributed by atoms with Gasteiger partial charge in [0.1, 0.15) is 11.6 Å². The molecule has 34 heavy (non-hydrogen) atoms. The molecule has 1 rings (SSSR count). The van der Waals surface area contributed by atoms with E-state index in [1.165, 1.54) is 17.0 Å². The topological polar surface area (TPSA) is 140 Å². The summed E-state index contributed by atoms with van der Waals surface area (Å²) in [5, 5.41) is 21.3. The molecule has 0 unspecified atom stereocenters. The molecule has 0 spiro atoms. The summed E-state index contributed by atoms with van der Waals surface area (Å²) in [6.45, 7) is 8.04. The second-order valence-electron chi connectivity index (χ2n) is 7.43. The van der Waals surface area contributed by atoms with E-state index in [0.717, 1.165) is 18.9 Å². The van der Waals surface area contributed by atoms with Gasteiger partial charge in [-0.15, -0.1) is 0 Å².